The first-order valence-electron chi connectivity index (χ1n) is 4.48. The van der Waals surface area contributed by atoms with Crippen molar-refractivity contribution in [2.45, 2.75) is 40.0 Å². The molecule has 0 spiro atoms. The van der Waals surface area contributed by atoms with Crippen molar-refractivity contribution in [3.63, 3.8) is 0 Å². The molecule has 0 aromatic carbocycles. The van der Waals surface area contributed by atoms with E-state index in [0.29, 0.717) is 0 Å². The lowest BCUT2D eigenvalue weighted by Gasteiger charge is -2.18. The predicted octanol–water partition coefficient (Wildman–Crippen LogP) is 0.422. The molecule has 2 atom stereocenters. The highest BCUT2D eigenvalue weighted by atomic mass is 16.7. The largest absolute Gasteiger partial charge is 0.426 e. The van der Waals surface area contributed by atoms with Gasteiger partial charge in [-0.3, -0.25) is 9.59 Å². The average Bonchev–Trinajstić information content (AvgIpc) is 2.00. The number of carbonyl (C=O) groups excluding carboxylic acids is 2. The van der Waals surface area contributed by atoms with E-state index < -0.39 is 24.3 Å². The Kier molecular flexibility index (Phi) is 5.15. The van der Waals surface area contributed by atoms with Crippen molar-refractivity contribution in [2.24, 2.45) is 11.7 Å². The quantitative estimate of drug-likeness (QED) is 0.529. The van der Waals surface area contributed by atoms with E-state index in [1.807, 2.05) is 13.8 Å². The molecular weight excluding hydrogens is 186 g/mol. The smallest absolute Gasteiger partial charge is 0.326 e. The lowest BCUT2D eigenvalue weighted by atomic mass is 10.1. The van der Waals surface area contributed by atoms with E-state index in [1.165, 1.54) is 13.8 Å². The van der Waals surface area contributed by atoms with Crippen LogP contribution >= 0.6 is 0 Å². The number of hydrogen-bond donors (Lipinski definition) is 1. The van der Waals surface area contributed by atoms with Gasteiger partial charge in [-0.05, 0) is 5.92 Å². The highest BCUT2D eigenvalue weighted by molar-refractivity contribution is 5.76. The molecule has 14 heavy (non-hydrogen) atoms. The number of esters is 2. The Balaban J connectivity index is 3.99. The molecule has 0 amide bonds. The summed E-state index contributed by atoms with van der Waals surface area (Å²) in [7, 11) is 0. The van der Waals surface area contributed by atoms with Crippen molar-refractivity contribution in [1.29, 1.82) is 0 Å². The van der Waals surface area contributed by atoms with Crippen molar-refractivity contribution in [3.8, 4) is 0 Å². The number of ether oxygens (including phenoxy) is 2. The van der Waals surface area contributed by atoms with Crippen molar-refractivity contribution < 1.29 is 19.1 Å². The monoisotopic (exact) mass is 203 g/mol. The van der Waals surface area contributed by atoms with Gasteiger partial charge in [0.25, 0.3) is 0 Å². The molecule has 5 nitrogen and oxygen atoms in total. The minimum Gasteiger partial charge on any atom is -0.426 e. The zero-order valence-electron chi connectivity index (χ0n) is 8.94. The van der Waals surface area contributed by atoms with Crippen LogP contribution in [0.4, 0.5) is 0 Å². The third kappa shape index (κ3) is 4.81. The van der Waals surface area contributed by atoms with Crippen LogP contribution < -0.4 is 5.73 Å². The minimum absolute atomic E-state index is 0.00738. The van der Waals surface area contributed by atoms with Crippen LogP contribution in [-0.2, 0) is 19.1 Å². The molecule has 0 aliphatic heterocycles. The van der Waals surface area contributed by atoms with Crippen molar-refractivity contribution in [1.82, 2.24) is 0 Å². The third-order valence-corrected chi connectivity index (χ3v) is 1.60. The molecule has 0 saturated heterocycles. The molecule has 0 rings (SSSR count). The number of carbonyl (C=O) groups is 2. The fraction of sp³-hybridized carbons (Fsp3) is 0.778. The summed E-state index contributed by atoms with van der Waals surface area (Å²) < 4.78 is 9.39. The van der Waals surface area contributed by atoms with Gasteiger partial charge in [0.15, 0.2) is 0 Å². The normalized spacial score (nSPS) is 14.7. The van der Waals surface area contributed by atoms with Gasteiger partial charge in [0.2, 0.25) is 6.29 Å². The predicted molar refractivity (Wildman–Crippen MR) is 50.1 cm³/mol. The van der Waals surface area contributed by atoms with E-state index in [1.54, 1.807) is 0 Å². The summed E-state index contributed by atoms with van der Waals surface area (Å²) in [5.74, 6) is -1.07. The first-order valence-corrected chi connectivity index (χ1v) is 4.48. The van der Waals surface area contributed by atoms with E-state index in [0.717, 1.165) is 0 Å². The number of nitrogens with two attached hydrogens (primary N) is 1. The van der Waals surface area contributed by atoms with Crippen LogP contribution in [0, 0.1) is 5.92 Å². The Morgan fingerprint density at radius 2 is 1.64 bits per heavy atom. The van der Waals surface area contributed by atoms with E-state index in [-0.39, 0.29) is 5.92 Å². The molecule has 0 aromatic heterocycles. The number of hydrogen-bond acceptors (Lipinski definition) is 5. The fourth-order valence-electron chi connectivity index (χ4n) is 0.772. The molecule has 0 aliphatic carbocycles. The maximum absolute atomic E-state index is 11.2. The van der Waals surface area contributed by atoms with E-state index in [9.17, 15) is 9.59 Å². The average molecular weight is 203 g/mol. The summed E-state index contributed by atoms with van der Waals surface area (Å²) >= 11 is 0. The number of rotatable bonds is 4. The van der Waals surface area contributed by atoms with Crippen LogP contribution in [-0.4, -0.2) is 24.3 Å². The van der Waals surface area contributed by atoms with Gasteiger partial charge in [-0.2, -0.15) is 0 Å². The molecular formula is C9H17NO4. The highest BCUT2D eigenvalue weighted by Crippen LogP contribution is 2.03. The maximum Gasteiger partial charge on any atom is 0.326 e. The summed E-state index contributed by atoms with van der Waals surface area (Å²) in [5.41, 5.74) is 5.52. The van der Waals surface area contributed by atoms with E-state index in [4.69, 9.17) is 10.5 Å². The topological polar surface area (TPSA) is 78.6 Å². The SMILES string of the molecule is CC(=O)OC(C)OC(=O)[C@@H](N)C(C)C. The van der Waals surface area contributed by atoms with Crippen LogP contribution in [0.5, 0.6) is 0 Å². The fourth-order valence-corrected chi connectivity index (χ4v) is 0.772. The molecule has 82 valence electrons. The Morgan fingerprint density at radius 1 is 1.14 bits per heavy atom. The summed E-state index contributed by atoms with van der Waals surface area (Å²) in [6, 6.07) is -0.687. The first-order chi connectivity index (χ1) is 6.34. The molecule has 0 heterocycles. The first kappa shape index (κ1) is 12.9. The van der Waals surface area contributed by atoms with Crippen LogP contribution in [0.3, 0.4) is 0 Å². The lowest BCUT2D eigenvalue weighted by Crippen LogP contribution is -2.39. The second-order valence-electron chi connectivity index (χ2n) is 3.38. The second kappa shape index (κ2) is 5.59. The molecule has 0 aliphatic rings. The molecule has 1 unspecified atom stereocenters. The third-order valence-electron chi connectivity index (χ3n) is 1.60. The zero-order valence-corrected chi connectivity index (χ0v) is 8.94. The second-order valence-corrected chi connectivity index (χ2v) is 3.38. The minimum atomic E-state index is -0.884. The molecule has 0 saturated carbocycles. The Bertz CT molecular complexity index is 215. The zero-order chi connectivity index (χ0) is 11.3. The maximum atomic E-state index is 11.2. The molecule has 0 bridgehead atoms. The lowest BCUT2D eigenvalue weighted by molar-refractivity contribution is -0.184. The van der Waals surface area contributed by atoms with Gasteiger partial charge in [0.1, 0.15) is 6.04 Å². The van der Waals surface area contributed by atoms with Gasteiger partial charge in [-0.1, -0.05) is 13.8 Å². The standard InChI is InChI=1S/C9H17NO4/c1-5(2)8(10)9(12)14-7(4)13-6(3)11/h5,7-8H,10H2,1-4H3/t7?,8-/m0/s1. The van der Waals surface area contributed by atoms with Crippen molar-refractivity contribution in [2.75, 3.05) is 0 Å². The van der Waals surface area contributed by atoms with E-state index in [2.05, 4.69) is 4.74 Å². The van der Waals surface area contributed by atoms with Gasteiger partial charge in [-0.25, -0.2) is 0 Å². The molecule has 0 fully saturated rings. The van der Waals surface area contributed by atoms with Crippen molar-refractivity contribution >= 4 is 11.9 Å². The molecule has 0 radical (unpaired) electrons. The summed E-state index contributed by atoms with van der Waals surface area (Å²) in [4.78, 5) is 21.7. The van der Waals surface area contributed by atoms with Gasteiger partial charge in [0.05, 0.1) is 0 Å². The Morgan fingerprint density at radius 3 is 2.00 bits per heavy atom. The van der Waals surface area contributed by atoms with Crippen LogP contribution in [0.15, 0.2) is 0 Å². The van der Waals surface area contributed by atoms with Gasteiger partial charge in [0, 0.05) is 13.8 Å². The molecule has 5 heteroatoms. The van der Waals surface area contributed by atoms with Gasteiger partial charge < -0.3 is 15.2 Å². The van der Waals surface area contributed by atoms with Gasteiger partial charge in [-0.15, -0.1) is 0 Å². The summed E-state index contributed by atoms with van der Waals surface area (Å²) in [6.07, 6.45) is -0.884. The van der Waals surface area contributed by atoms with Gasteiger partial charge >= 0.3 is 11.9 Å². The summed E-state index contributed by atoms with van der Waals surface area (Å²) in [5, 5.41) is 0. The Hall–Kier alpha value is -1.10. The van der Waals surface area contributed by atoms with Crippen LogP contribution in [0.2, 0.25) is 0 Å². The highest BCUT2D eigenvalue weighted by Gasteiger charge is 2.21. The van der Waals surface area contributed by atoms with E-state index >= 15 is 0 Å². The van der Waals surface area contributed by atoms with Crippen molar-refractivity contribution in [3.05, 3.63) is 0 Å². The Labute approximate surface area is 83.5 Å². The summed E-state index contributed by atoms with van der Waals surface area (Å²) in [6.45, 7) is 6.32. The van der Waals surface area contributed by atoms with Crippen LogP contribution in [0.1, 0.15) is 27.7 Å². The molecule has 0 aromatic rings. The molecule has 2 N–H and O–H groups in total. The van der Waals surface area contributed by atoms with Crippen LogP contribution in [0.25, 0.3) is 0 Å².